The number of ether oxygens (including phenoxy) is 2. The standard InChI is InChI=1S/C30H49N3O4/c1-6-7-19-32(4)23-26-15-12-13-20-33(26)30(35)37-27-18-17-25(21-28(27)36-5)22-31-29(34)16-11-9-8-10-14-24(2)3/h10,14,17-18,21,24,26H,6-9,11-13,15-16,19-20,22-23H2,1-5H3,(H,31,34)/b14-10+. The maximum atomic E-state index is 13.1. The Morgan fingerprint density at radius 3 is 2.73 bits per heavy atom. The molecular weight excluding hydrogens is 466 g/mol. The summed E-state index contributed by atoms with van der Waals surface area (Å²) in [5.41, 5.74) is 0.901. The highest BCUT2D eigenvalue weighted by Crippen LogP contribution is 2.30. The number of piperidine rings is 1. The molecule has 2 rings (SSSR count). The fourth-order valence-electron chi connectivity index (χ4n) is 4.57. The normalized spacial score (nSPS) is 16.0. The predicted molar refractivity (Wildman–Crippen MR) is 150 cm³/mol. The molecule has 7 heteroatoms. The summed E-state index contributed by atoms with van der Waals surface area (Å²) in [6.45, 7) is 9.54. The van der Waals surface area contributed by atoms with Gasteiger partial charge in [-0.2, -0.15) is 0 Å². The Hall–Kier alpha value is -2.54. The summed E-state index contributed by atoms with van der Waals surface area (Å²) in [5.74, 6) is 1.51. The Morgan fingerprint density at radius 2 is 2.00 bits per heavy atom. The molecule has 1 aliphatic heterocycles. The molecule has 0 bridgehead atoms. The predicted octanol–water partition coefficient (Wildman–Crippen LogP) is 6.17. The quantitative estimate of drug-likeness (QED) is 0.223. The molecule has 1 N–H and O–H groups in total. The topological polar surface area (TPSA) is 71.1 Å². The van der Waals surface area contributed by atoms with Crippen LogP contribution in [0.4, 0.5) is 4.79 Å². The lowest BCUT2D eigenvalue weighted by atomic mass is 10.0. The molecule has 0 spiro atoms. The van der Waals surface area contributed by atoms with E-state index in [-0.39, 0.29) is 18.0 Å². The number of allylic oxidation sites excluding steroid dienone is 2. The van der Waals surface area contributed by atoms with Crippen molar-refractivity contribution < 1.29 is 19.1 Å². The number of rotatable bonds is 15. The van der Waals surface area contributed by atoms with Crippen LogP contribution in [0.5, 0.6) is 11.5 Å². The van der Waals surface area contributed by atoms with Gasteiger partial charge < -0.3 is 24.6 Å². The van der Waals surface area contributed by atoms with Crippen molar-refractivity contribution in [2.24, 2.45) is 5.92 Å². The molecule has 0 aliphatic carbocycles. The second-order valence-corrected chi connectivity index (χ2v) is 10.5. The molecule has 1 aliphatic rings. The van der Waals surface area contributed by atoms with E-state index < -0.39 is 0 Å². The molecule has 1 aromatic rings. The van der Waals surface area contributed by atoms with Crippen molar-refractivity contribution in [1.82, 2.24) is 15.1 Å². The van der Waals surface area contributed by atoms with Gasteiger partial charge in [0.15, 0.2) is 11.5 Å². The average Bonchev–Trinajstić information content (AvgIpc) is 2.88. The van der Waals surface area contributed by atoms with Crippen molar-refractivity contribution in [2.45, 2.75) is 91.1 Å². The summed E-state index contributed by atoms with van der Waals surface area (Å²) in [6.07, 6.45) is 12.9. The van der Waals surface area contributed by atoms with Crippen LogP contribution in [0.15, 0.2) is 30.4 Å². The van der Waals surface area contributed by atoms with E-state index in [0.717, 1.165) is 70.0 Å². The number of carbonyl (C=O) groups is 2. The molecule has 1 unspecified atom stereocenters. The van der Waals surface area contributed by atoms with E-state index in [1.807, 2.05) is 17.0 Å². The van der Waals surface area contributed by atoms with Crippen molar-refractivity contribution in [3.63, 3.8) is 0 Å². The average molecular weight is 516 g/mol. The Balaban J connectivity index is 1.86. The number of amides is 2. The molecule has 1 saturated heterocycles. The molecule has 1 atom stereocenters. The van der Waals surface area contributed by atoms with Gasteiger partial charge in [0.25, 0.3) is 0 Å². The molecule has 2 amide bonds. The fraction of sp³-hybridized carbons (Fsp3) is 0.667. The minimum absolute atomic E-state index is 0.0438. The maximum Gasteiger partial charge on any atom is 0.415 e. The lowest BCUT2D eigenvalue weighted by Gasteiger charge is -2.37. The highest BCUT2D eigenvalue weighted by atomic mass is 16.6. The summed E-state index contributed by atoms with van der Waals surface area (Å²) in [6, 6.07) is 5.61. The third kappa shape index (κ3) is 11.6. The van der Waals surface area contributed by atoms with Gasteiger partial charge in [-0.25, -0.2) is 4.79 Å². The van der Waals surface area contributed by atoms with E-state index >= 15 is 0 Å². The van der Waals surface area contributed by atoms with E-state index in [1.54, 1.807) is 13.2 Å². The van der Waals surface area contributed by atoms with Gasteiger partial charge in [-0.3, -0.25) is 4.79 Å². The van der Waals surface area contributed by atoms with Gasteiger partial charge in [0.2, 0.25) is 5.91 Å². The van der Waals surface area contributed by atoms with Crippen LogP contribution in [-0.4, -0.2) is 61.6 Å². The van der Waals surface area contributed by atoms with Crippen molar-refractivity contribution in [3.8, 4) is 11.5 Å². The minimum atomic E-state index is -0.323. The van der Waals surface area contributed by atoms with Crippen molar-refractivity contribution in [2.75, 3.05) is 33.8 Å². The minimum Gasteiger partial charge on any atom is -0.493 e. The SMILES string of the molecule is CCCCN(C)CC1CCCCN1C(=O)Oc1ccc(CNC(=O)CCCC/C=C/C(C)C)cc1OC. The fourth-order valence-corrected chi connectivity index (χ4v) is 4.57. The highest BCUT2D eigenvalue weighted by Gasteiger charge is 2.29. The molecule has 0 radical (unpaired) electrons. The molecule has 0 aromatic heterocycles. The van der Waals surface area contributed by atoms with Crippen LogP contribution in [0, 0.1) is 5.92 Å². The smallest absolute Gasteiger partial charge is 0.415 e. The van der Waals surface area contributed by atoms with Crippen LogP contribution in [0.2, 0.25) is 0 Å². The second-order valence-electron chi connectivity index (χ2n) is 10.5. The molecular formula is C30H49N3O4. The number of nitrogens with one attached hydrogen (secondary N) is 1. The van der Waals surface area contributed by atoms with Crippen LogP contribution < -0.4 is 14.8 Å². The van der Waals surface area contributed by atoms with Crippen LogP contribution in [0.1, 0.15) is 84.1 Å². The number of hydrogen-bond acceptors (Lipinski definition) is 5. The molecule has 208 valence electrons. The summed E-state index contributed by atoms with van der Waals surface area (Å²) >= 11 is 0. The first-order valence-electron chi connectivity index (χ1n) is 14.1. The van der Waals surface area contributed by atoms with Crippen molar-refractivity contribution >= 4 is 12.0 Å². The molecule has 37 heavy (non-hydrogen) atoms. The van der Waals surface area contributed by atoms with Gasteiger partial charge in [-0.05, 0) is 82.2 Å². The molecule has 0 saturated carbocycles. The van der Waals surface area contributed by atoms with Gasteiger partial charge in [-0.15, -0.1) is 0 Å². The molecule has 1 aromatic carbocycles. The molecule has 7 nitrogen and oxygen atoms in total. The van der Waals surface area contributed by atoms with Gasteiger partial charge in [-0.1, -0.05) is 45.4 Å². The zero-order valence-electron chi connectivity index (χ0n) is 23.8. The highest BCUT2D eigenvalue weighted by molar-refractivity contribution is 5.76. The van der Waals surface area contributed by atoms with E-state index in [1.165, 1.54) is 0 Å². The monoisotopic (exact) mass is 515 g/mol. The molecule has 1 heterocycles. The zero-order chi connectivity index (χ0) is 27.0. The van der Waals surface area contributed by atoms with Gasteiger partial charge >= 0.3 is 6.09 Å². The molecule has 1 fully saturated rings. The van der Waals surface area contributed by atoms with Crippen molar-refractivity contribution in [1.29, 1.82) is 0 Å². The summed E-state index contributed by atoms with van der Waals surface area (Å²) in [4.78, 5) is 29.5. The first-order valence-corrected chi connectivity index (χ1v) is 14.1. The third-order valence-electron chi connectivity index (χ3n) is 6.74. The second kappa shape index (κ2) is 17.1. The zero-order valence-corrected chi connectivity index (χ0v) is 23.8. The number of methoxy groups -OCH3 is 1. The van der Waals surface area contributed by atoms with Crippen LogP contribution in [-0.2, 0) is 11.3 Å². The van der Waals surface area contributed by atoms with E-state index in [2.05, 4.69) is 50.2 Å². The Labute approximate surface area is 224 Å². The first kappa shape index (κ1) is 30.7. The number of unbranched alkanes of at least 4 members (excludes halogenated alkanes) is 3. The number of likely N-dealkylation sites (N-methyl/N-ethyl adjacent to an activating group) is 1. The summed E-state index contributed by atoms with van der Waals surface area (Å²) in [7, 11) is 3.69. The van der Waals surface area contributed by atoms with Gasteiger partial charge in [0.1, 0.15) is 0 Å². The van der Waals surface area contributed by atoms with Crippen LogP contribution in [0.3, 0.4) is 0 Å². The number of benzene rings is 1. The Morgan fingerprint density at radius 1 is 1.19 bits per heavy atom. The lowest BCUT2D eigenvalue weighted by Crippen LogP contribution is -2.50. The van der Waals surface area contributed by atoms with Crippen LogP contribution in [0.25, 0.3) is 0 Å². The van der Waals surface area contributed by atoms with Gasteiger partial charge in [0, 0.05) is 32.1 Å². The maximum absolute atomic E-state index is 13.1. The lowest BCUT2D eigenvalue weighted by molar-refractivity contribution is -0.121. The van der Waals surface area contributed by atoms with Crippen LogP contribution >= 0.6 is 0 Å². The number of carbonyl (C=O) groups excluding carboxylic acids is 2. The Bertz CT molecular complexity index is 855. The van der Waals surface area contributed by atoms with E-state index in [9.17, 15) is 9.59 Å². The van der Waals surface area contributed by atoms with E-state index in [4.69, 9.17) is 9.47 Å². The summed E-state index contributed by atoms with van der Waals surface area (Å²) in [5, 5.41) is 2.98. The van der Waals surface area contributed by atoms with E-state index in [0.29, 0.717) is 36.9 Å². The van der Waals surface area contributed by atoms with Crippen molar-refractivity contribution in [3.05, 3.63) is 35.9 Å². The number of nitrogens with zero attached hydrogens (tertiary/aromatic N) is 2. The number of hydrogen-bond donors (Lipinski definition) is 1. The Kier molecular flexibility index (Phi) is 14.1. The third-order valence-corrected chi connectivity index (χ3v) is 6.74. The number of likely N-dealkylation sites (tertiary alicyclic amines) is 1. The summed E-state index contributed by atoms with van der Waals surface area (Å²) < 4.78 is 11.3. The van der Waals surface area contributed by atoms with Gasteiger partial charge in [0.05, 0.1) is 7.11 Å². The largest absolute Gasteiger partial charge is 0.493 e. The first-order chi connectivity index (χ1) is 17.8.